The summed E-state index contributed by atoms with van der Waals surface area (Å²) in [6.45, 7) is 4.00. The van der Waals surface area contributed by atoms with Gasteiger partial charge in [0.15, 0.2) is 11.6 Å². The molecule has 102 valence electrons. The van der Waals surface area contributed by atoms with Crippen LogP contribution in [0.2, 0.25) is 0 Å². The Hall–Kier alpha value is -1.39. The van der Waals surface area contributed by atoms with Gasteiger partial charge in [0.05, 0.1) is 6.61 Å². The van der Waals surface area contributed by atoms with E-state index in [0.29, 0.717) is 18.9 Å². The zero-order valence-electron chi connectivity index (χ0n) is 11.0. The average molecular weight is 279 g/mol. The van der Waals surface area contributed by atoms with Gasteiger partial charge in [-0.05, 0) is 35.0 Å². The van der Waals surface area contributed by atoms with Gasteiger partial charge in [0.25, 0.3) is 0 Å². The zero-order valence-corrected chi connectivity index (χ0v) is 11.8. The standard InChI is InChI=1S/C15H18FNOS/c1-2-17-10-13-4-3-5-14(16)15(13)18-8-6-12-7-9-19-11-12/h3-5,7,9,11,17H,2,6,8,10H2,1H3. The lowest BCUT2D eigenvalue weighted by atomic mass is 10.2. The Labute approximate surface area is 117 Å². The maximum absolute atomic E-state index is 13.8. The van der Waals surface area contributed by atoms with Crippen LogP contribution >= 0.6 is 11.3 Å². The van der Waals surface area contributed by atoms with Crippen molar-refractivity contribution in [1.29, 1.82) is 0 Å². The molecule has 0 bridgehead atoms. The fraction of sp³-hybridized carbons (Fsp3) is 0.333. The van der Waals surface area contributed by atoms with Gasteiger partial charge in [-0.2, -0.15) is 11.3 Å². The number of hydrogen-bond acceptors (Lipinski definition) is 3. The molecule has 1 heterocycles. The van der Waals surface area contributed by atoms with E-state index in [-0.39, 0.29) is 5.82 Å². The minimum atomic E-state index is -0.291. The Morgan fingerprint density at radius 2 is 2.21 bits per heavy atom. The lowest BCUT2D eigenvalue weighted by molar-refractivity contribution is 0.301. The van der Waals surface area contributed by atoms with Gasteiger partial charge >= 0.3 is 0 Å². The molecule has 2 nitrogen and oxygen atoms in total. The van der Waals surface area contributed by atoms with Crippen LogP contribution in [0.4, 0.5) is 4.39 Å². The summed E-state index contributed by atoms with van der Waals surface area (Å²) in [7, 11) is 0. The van der Waals surface area contributed by atoms with Gasteiger partial charge in [-0.3, -0.25) is 0 Å². The topological polar surface area (TPSA) is 21.3 Å². The highest BCUT2D eigenvalue weighted by Gasteiger charge is 2.09. The Kier molecular flexibility index (Phi) is 5.36. The summed E-state index contributed by atoms with van der Waals surface area (Å²) in [5.74, 6) is 0.0828. The maximum Gasteiger partial charge on any atom is 0.165 e. The maximum atomic E-state index is 13.8. The minimum absolute atomic E-state index is 0.291. The number of benzene rings is 1. The Bertz CT molecular complexity index is 499. The van der Waals surface area contributed by atoms with Crippen LogP contribution in [0.1, 0.15) is 18.1 Å². The van der Waals surface area contributed by atoms with E-state index in [4.69, 9.17) is 4.74 Å². The third-order valence-corrected chi connectivity index (χ3v) is 3.56. The van der Waals surface area contributed by atoms with Gasteiger partial charge < -0.3 is 10.1 Å². The van der Waals surface area contributed by atoms with Crippen molar-refractivity contribution >= 4 is 11.3 Å². The first-order valence-electron chi connectivity index (χ1n) is 6.43. The summed E-state index contributed by atoms with van der Waals surface area (Å²) < 4.78 is 19.4. The van der Waals surface area contributed by atoms with E-state index < -0.39 is 0 Å². The molecule has 0 radical (unpaired) electrons. The van der Waals surface area contributed by atoms with Crippen molar-refractivity contribution in [2.75, 3.05) is 13.2 Å². The lowest BCUT2D eigenvalue weighted by Gasteiger charge is -2.12. The molecule has 0 unspecified atom stereocenters. The summed E-state index contributed by atoms with van der Waals surface area (Å²) in [6, 6.07) is 7.11. The van der Waals surface area contributed by atoms with Crippen molar-refractivity contribution in [1.82, 2.24) is 5.32 Å². The van der Waals surface area contributed by atoms with Crippen LogP contribution in [0.3, 0.4) is 0 Å². The van der Waals surface area contributed by atoms with Gasteiger partial charge in [0, 0.05) is 18.5 Å². The SMILES string of the molecule is CCNCc1cccc(F)c1OCCc1ccsc1. The molecule has 4 heteroatoms. The van der Waals surface area contributed by atoms with Crippen molar-refractivity contribution < 1.29 is 9.13 Å². The number of hydrogen-bond donors (Lipinski definition) is 1. The summed E-state index contributed by atoms with van der Waals surface area (Å²) in [5, 5.41) is 7.32. The highest BCUT2D eigenvalue weighted by Crippen LogP contribution is 2.23. The number of thiophene rings is 1. The van der Waals surface area contributed by atoms with E-state index in [2.05, 4.69) is 16.8 Å². The molecule has 1 aromatic carbocycles. The highest BCUT2D eigenvalue weighted by atomic mass is 32.1. The van der Waals surface area contributed by atoms with Crippen LogP contribution in [0.25, 0.3) is 0 Å². The molecular formula is C15H18FNOS. The molecule has 0 fully saturated rings. The molecule has 0 saturated heterocycles. The van der Waals surface area contributed by atoms with Crippen LogP contribution < -0.4 is 10.1 Å². The third-order valence-electron chi connectivity index (χ3n) is 2.83. The fourth-order valence-corrected chi connectivity index (χ4v) is 2.52. The normalized spacial score (nSPS) is 10.6. The summed E-state index contributed by atoms with van der Waals surface area (Å²) >= 11 is 1.66. The van der Waals surface area contributed by atoms with Crippen LogP contribution in [0.5, 0.6) is 5.75 Å². The molecule has 1 N–H and O–H groups in total. The van der Waals surface area contributed by atoms with E-state index in [9.17, 15) is 4.39 Å². The molecule has 0 aliphatic heterocycles. The molecular weight excluding hydrogens is 261 g/mol. The Balaban J connectivity index is 1.97. The fourth-order valence-electron chi connectivity index (χ4n) is 1.82. The van der Waals surface area contributed by atoms with Crippen molar-refractivity contribution in [3.05, 3.63) is 52.0 Å². The van der Waals surface area contributed by atoms with Crippen molar-refractivity contribution in [3.63, 3.8) is 0 Å². The monoisotopic (exact) mass is 279 g/mol. The van der Waals surface area contributed by atoms with Crippen molar-refractivity contribution in [2.45, 2.75) is 19.9 Å². The van der Waals surface area contributed by atoms with E-state index in [1.54, 1.807) is 17.4 Å². The molecule has 0 atom stereocenters. The van der Waals surface area contributed by atoms with Crippen LogP contribution in [-0.4, -0.2) is 13.2 Å². The number of ether oxygens (including phenoxy) is 1. The first-order chi connectivity index (χ1) is 9.31. The number of nitrogens with one attached hydrogen (secondary N) is 1. The Morgan fingerprint density at radius 3 is 2.95 bits per heavy atom. The van der Waals surface area contributed by atoms with E-state index >= 15 is 0 Å². The number of halogens is 1. The first kappa shape index (κ1) is 14.0. The summed E-state index contributed by atoms with van der Waals surface area (Å²) in [6.07, 6.45) is 0.804. The molecule has 0 spiro atoms. The lowest BCUT2D eigenvalue weighted by Crippen LogP contribution is -2.14. The summed E-state index contributed by atoms with van der Waals surface area (Å²) in [4.78, 5) is 0. The van der Waals surface area contributed by atoms with Crippen LogP contribution in [0.15, 0.2) is 35.0 Å². The molecule has 0 saturated carbocycles. The number of rotatable bonds is 7. The largest absolute Gasteiger partial charge is 0.490 e. The molecule has 2 aromatic rings. The second-order valence-corrected chi connectivity index (χ2v) is 5.02. The molecule has 0 aliphatic rings. The molecule has 0 aliphatic carbocycles. The predicted molar refractivity (Wildman–Crippen MR) is 77.3 cm³/mol. The molecule has 2 rings (SSSR count). The average Bonchev–Trinajstić information content (AvgIpc) is 2.92. The summed E-state index contributed by atoms with van der Waals surface area (Å²) in [5.41, 5.74) is 2.10. The smallest absolute Gasteiger partial charge is 0.165 e. The second kappa shape index (κ2) is 7.26. The quantitative estimate of drug-likeness (QED) is 0.836. The second-order valence-electron chi connectivity index (χ2n) is 4.24. The molecule has 19 heavy (non-hydrogen) atoms. The minimum Gasteiger partial charge on any atom is -0.490 e. The zero-order chi connectivity index (χ0) is 13.5. The molecule has 0 amide bonds. The van der Waals surface area contributed by atoms with Crippen molar-refractivity contribution in [3.8, 4) is 5.75 Å². The van der Waals surface area contributed by atoms with Gasteiger partial charge in [-0.1, -0.05) is 19.1 Å². The number of para-hydroxylation sites is 1. The predicted octanol–water partition coefficient (Wildman–Crippen LogP) is 3.62. The van der Waals surface area contributed by atoms with Gasteiger partial charge in [0.2, 0.25) is 0 Å². The first-order valence-corrected chi connectivity index (χ1v) is 7.37. The van der Waals surface area contributed by atoms with E-state index in [0.717, 1.165) is 18.5 Å². The Morgan fingerprint density at radius 1 is 1.32 bits per heavy atom. The third kappa shape index (κ3) is 4.04. The van der Waals surface area contributed by atoms with E-state index in [1.807, 2.05) is 18.4 Å². The highest BCUT2D eigenvalue weighted by molar-refractivity contribution is 7.07. The van der Waals surface area contributed by atoms with Crippen molar-refractivity contribution in [2.24, 2.45) is 0 Å². The van der Waals surface area contributed by atoms with Crippen LogP contribution in [0, 0.1) is 5.82 Å². The molecule has 1 aromatic heterocycles. The van der Waals surface area contributed by atoms with Crippen LogP contribution in [-0.2, 0) is 13.0 Å². The van der Waals surface area contributed by atoms with Gasteiger partial charge in [-0.15, -0.1) is 0 Å². The van der Waals surface area contributed by atoms with Gasteiger partial charge in [0.1, 0.15) is 0 Å². The van der Waals surface area contributed by atoms with E-state index in [1.165, 1.54) is 11.6 Å². The van der Waals surface area contributed by atoms with Gasteiger partial charge in [-0.25, -0.2) is 4.39 Å².